The van der Waals surface area contributed by atoms with E-state index in [9.17, 15) is 13.5 Å². The fraction of sp³-hybridized carbons (Fsp3) is 0.400. The average Bonchev–Trinajstić information content (AvgIpc) is 2.90. The second kappa shape index (κ2) is 3.50. The van der Waals surface area contributed by atoms with Crippen LogP contribution in [-0.4, -0.2) is 13.5 Å². The van der Waals surface area contributed by atoms with E-state index in [-0.39, 0.29) is 10.6 Å². The number of para-hydroxylation sites is 1. The van der Waals surface area contributed by atoms with Crippen LogP contribution < -0.4 is 5.14 Å². The third-order valence-corrected chi connectivity index (χ3v) is 3.54. The molecule has 0 spiro atoms. The summed E-state index contributed by atoms with van der Waals surface area (Å²) >= 11 is 0. The SMILES string of the molecule is NS(=O)(=O)c1cccc(CC2CC2)c1O. The van der Waals surface area contributed by atoms with Crippen molar-refractivity contribution in [2.24, 2.45) is 11.1 Å². The highest BCUT2D eigenvalue weighted by Gasteiger charge is 2.24. The Bertz CT molecular complexity index is 477. The predicted molar refractivity (Wildman–Crippen MR) is 55.9 cm³/mol. The molecule has 1 fully saturated rings. The summed E-state index contributed by atoms with van der Waals surface area (Å²) < 4.78 is 22.3. The number of rotatable bonds is 3. The number of sulfonamides is 1. The zero-order valence-electron chi connectivity index (χ0n) is 8.18. The average molecular weight is 227 g/mol. The fourth-order valence-electron chi connectivity index (χ4n) is 1.60. The van der Waals surface area contributed by atoms with Gasteiger partial charge in [0.25, 0.3) is 0 Å². The van der Waals surface area contributed by atoms with E-state index in [4.69, 9.17) is 5.14 Å². The van der Waals surface area contributed by atoms with E-state index in [1.54, 1.807) is 12.1 Å². The van der Waals surface area contributed by atoms with Crippen molar-refractivity contribution in [1.29, 1.82) is 0 Å². The van der Waals surface area contributed by atoms with Gasteiger partial charge in [0.2, 0.25) is 10.0 Å². The summed E-state index contributed by atoms with van der Waals surface area (Å²) in [6, 6.07) is 4.67. The Hall–Kier alpha value is -1.07. The second-order valence-electron chi connectivity index (χ2n) is 3.96. The molecule has 0 amide bonds. The minimum Gasteiger partial charge on any atom is -0.506 e. The Labute approximate surface area is 88.8 Å². The summed E-state index contributed by atoms with van der Waals surface area (Å²) in [6.07, 6.45) is 3.03. The smallest absolute Gasteiger partial charge is 0.241 e. The van der Waals surface area contributed by atoms with Gasteiger partial charge < -0.3 is 5.11 Å². The molecular weight excluding hydrogens is 214 g/mol. The van der Waals surface area contributed by atoms with Gasteiger partial charge in [0, 0.05) is 0 Å². The van der Waals surface area contributed by atoms with Gasteiger partial charge in [-0.05, 0) is 36.8 Å². The van der Waals surface area contributed by atoms with E-state index in [0.29, 0.717) is 11.5 Å². The molecule has 82 valence electrons. The van der Waals surface area contributed by atoms with E-state index in [1.165, 1.54) is 6.07 Å². The molecule has 1 saturated carbocycles. The van der Waals surface area contributed by atoms with Crippen molar-refractivity contribution >= 4 is 10.0 Å². The lowest BCUT2D eigenvalue weighted by Crippen LogP contribution is -2.12. The summed E-state index contributed by atoms with van der Waals surface area (Å²) in [5.41, 5.74) is 0.670. The number of phenols is 1. The van der Waals surface area contributed by atoms with Crippen LogP contribution in [0.1, 0.15) is 18.4 Å². The van der Waals surface area contributed by atoms with E-state index >= 15 is 0 Å². The lowest BCUT2D eigenvalue weighted by atomic mass is 10.1. The normalized spacial score (nSPS) is 16.6. The molecule has 3 N–H and O–H groups in total. The van der Waals surface area contributed by atoms with E-state index in [1.807, 2.05) is 0 Å². The lowest BCUT2D eigenvalue weighted by Gasteiger charge is -2.07. The van der Waals surface area contributed by atoms with Crippen LogP contribution in [0, 0.1) is 5.92 Å². The highest BCUT2D eigenvalue weighted by molar-refractivity contribution is 7.89. The Kier molecular flexibility index (Phi) is 2.44. The summed E-state index contributed by atoms with van der Waals surface area (Å²) in [5.74, 6) is 0.401. The van der Waals surface area contributed by atoms with Gasteiger partial charge in [-0.15, -0.1) is 0 Å². The zero-order valence-corrected chi connectivity index (χ0v) is 9.00. The van der Waals surface area contributed by atoms with Gasteiger partial charge in [0.1, 0.15) is 10.6 Å². The lowest BCUT2D eigenvalue weighted by molar-refractivity contribution is 0.450. The predicted octanol–water partition coefficient (Wildman–Crippen LogP) is 0.992. The highest BCUT2D eigenvalue weighted by atomic mass is 32.2. The van der Waals surface area contributed by atoms with E-state index < -0.39 is 10.0 Å². The fourth-order valence-corrected chi connectivity index (χ4v) is 2.26. The first kappa shape index (κ1) is 10.4. The molecule has 1 aromatic rings. The van der Waals surface area contributed by atoms with Crippen molar-refractivity contribution in [2.75, 3.05) is 0 Å². The maximum atomic E-state index is 11.1. The topological polar surface area (TPSA) is 80.4 Å². The summed E-state index contributed by atoms with van der Waals surface area (Å²) in [6.45, 7) is 0. The van der Waals surface area contributed by atoms with E-state index in [0.717, 1.165) is 19.3 Å². The van der Waals surface area contributed by atoms with Gasteiger partial charge >= 0.3 is 0 Å². The monoisotopic (exact) mass is 227 g/mol. The maximum absolute atomic E-state index is 11.1. The number of hydrogen-bond acceptors (Lipinski definition) is 3. The minimum atomic E-state index is -3.82. The molecular formula is C10H13NO3S. The van der Waals surface area contributed by atoms with Crippen molar-refractivity contribution in [3.63, 3.8) is 0 Å². The highest BCUT2D eigenvalue weighted by Crippen LogP contribution is 2.36. The Morgan fingerprint density at radius 2 is 2.07 bits per heavy atom. The molecule has 1 aliphatic carbocycles. The summed E-state index contributed by atoms with van der Waals surface area (Å²) in [4.78, 5) is -0.180. The zero-order chi connectivity index (χ0) is 11.1. The van der Waals surface area contributed by atoms with Gasteiger partial charge in [-0.2, -0.15) is 0 Å². The Balaban J connectivity index is 2.40. The molecule has 0 heterocycles. The molecule has 0 aromatic heterocycles. The molecule has 0 unspecified atom stereocenters. The van der Waals surface area contributed by atoms with Gasteiger partial charge in [0.15, 0.2) is 0 Å². The summed E-state index contributed by atoms with van der Waals surface area (Å²) in [7, 11) is -3.82. The van der Waals surface area contributed by atoms with Crippen LogP contribution in [0.4, 0.5) is 0 Å². The third-order valence-electron chi connectivity index (χ3n) is 2.59. The van der Waals surface area contributed by atoms with Crippen LogP contribution in [-0.2, 0) is 16.4 Å². The second-order valence-corrected chi connectivity index (χ2v) is 5.49. The number of phenolic OH excluding ortho intramolecular Hbond substituents is 1. The Morgan fingerprint density at radius 3 is 2.60 bits per heavy atom. The van der Waals surface area contributed by atoms with Crippen LogP contribution in [0.5, 0.6) is 5.75 Å². The van der Waals surface area contributed by atoms with E-state index in [2.05, 4.69) is 0 Å². The number of primary sulfonamides is 1. The molecule has 0 atom stereocenters. The van der Waals surface area contributed by atoms with Gasteiger partial charge in [-0.25, -0.2) is 13.6 Å². The molecule has 2 rings (SSSR count). The van der Waals surface area contributed by atoms with Gasteiger partial charge in [0.05, 0.1) is 0 Å². The van der Waals surface area contributed by atoms with Crippen LogP contribution in [0.3, 0.4) is 0 Å². The van der Waals surface area contributed by atoms with Crippen LogP contribution in [0.25, 0.3) is 0 Å². The largest absolute Gasteiger partial charge is 0.506 e. The van der Waals surface area contributed by atoms with Crippen molar-refractivity contribution in [3.05, 3.63) is 23.8 Å². The molecule has 5 heteroatoms. The van der Waals surface area contributed by atoms with Crippen molar-refractivity contribution < 1.29 is 13.5 Å². The Morgan fingerprint density at radius 1 is 1.40 bits per heavy atom. The van der Waals surface area contributed by atoms with Crippen molar-refractivity contribution in [3.8, 4) is 5.75 Å². The standard InChI is InChI=1S/C10H13NO3S/c11-15(13,14)9-3-1-2-8(10(9)12)6-7-4-5-7/h1-3,7,12H,4-6H2,(H2,11,13,14). The van der Waals surface area contributed by atoms with Crippen LogP contribution in [0.2, 0.25) is 0 Å². The first-order chi connectivity index (χ1) is 6.98. The van der Waals surface area contributed by atoms with Crippen LogP contribution in [0.15, 0.2) is 23.1 Å². The van der Waals surface area contributed by atoms with Gasteiger partial charge in [-0.3, -0.25) is 0 Å². The minimum absolute atomic E-state index is 0.180. The molecule has 1 aromatic carbocycles. The number of nitrogens with two attached hydrogens (primary N) is 1. The molecule has 0 radical (unpaired) electrons. The van der Waals surface area contributed by atoms with Crippen molar-refractivity contribution in [2.45, 2.75) is 24.2 Å². The first-order valence-electron chi connectivity index (χ1n) is 4.82. The first-order valence-corrected chi connectivity index (χ1v) is 6.37. The molecule has 15 heavy (non-hydrogen) atoms. The van der Waals surface area contributed by atoms with Gasteiger partial charge in [-0.1, -0.05) is 12.1 Å². The van der Waals surface area contributed by atoms with Crippen LogP contribution >= 0.6 is 0 Å². The number of aromatic hydroxyl groups is 1. The molecule has 1 aliphatic rings. The molecule has 0 saturated heterocycles. The van der Waals surface area contributed by atoms with Crippen molar-refractivity contribution in [1.82, 2.24) is 0 Å². The summed E-state index contributed by atoms with van der Waals surface area (Å²) in [5, 5.41) is 14.7. The quantitative estimate of drug-likeness (QED) is 0.808. The maximum Gasteiger partial charge on any atom is 0.241 e. The number of benzene rings is 1. The molecule has 4 nitrogen and oxygen atoms in total. The third kappa shape index (κ3) is 2.30. The molecule has 0 aliphatic heterocycles. The molecule has 0 bridgehead atoms. The number of hydrogen-bond donors (Lipinski definition) is 2.